The van der Waals surface area contributed by atoms with Gasteiger partial charge in [0.05, 0.1) is 5.02 Å². The predicted octanol–water partition coefficient (Wildman–Crippen LogP) is 3.01. The molecule has 0 fully saturated rings. The Morgan fingerprint density at radius 3 is 2.75 bits per heavy atom. The Kier molecular flexibility index (Phi) is 4.07. The van der Waals surface area contributed by atoms with Crippen molar-refractivity contribution in [1.29, 1.82) is 0 Å². The van der Waals surface area contributed by atoms with Crippen molar-refractivity contribution in [3.63, 3.8) is 0 Å². The van der Waals surface area contributed by atoms with Crippen molar-refractivity contribution < 1.29 is 0 Å². The number of benzene rings is 1. The van der Waals surface area contributed by atoms with E-state index in [1.807, 2.05) is 24.3 Å². The van der Waals surface area contributed by atoms with Crippen LogP contribution in [-0.4, -0.2) is 5.75 Å². The van der Waals surface area contributed by atoms with Gasteiger partial charge in [-0.1, -0.05) is 35.6 Å². The topological polar surface area (TPSA) is 0 Å². The molecule has 0 spiro atoms. The summed E-state index contributed by atoms with van der Waals surface area (Å²) in [6, 6.07) is 7.57. The van der Waals surface area contributed by atoms with Crippen LogP contribution in [0.1, 0.15) is 12.0 Å². The van der Waals surface area contributed by atoms with E-state index < -0.39 is 0 Å². The molecule has 0 bridgehead atoms. The van der Waals surface area contributed by atoms with Gasteiger partial charge in [-0.3, -0.25) is 0 Å². The molecule has 0 atom stereocenters. The molecule has 0 N–H and O–H groups in total. The Morgan fingerprint density at radius 1 is 1.33 bits per heavy atom. The fourth-order valence-electron chi connectivity index (χ4n) is 0.776. The Morgan fingerprint density at radius 2 is 2.08 bits per heavy atom. The second-order valence-corrected chi connectivity index (χ2v) is 3.11. The molecule has 0 radical (unpaired) electrons. The second kappa shape index (κ2) is 5.13. The van der Waals surface area contributed by atoms with Crippen molar-refractivity contribution in [3.8, 4) is 11.8 Å². The van der Waals surface area contributed by atoms with Gasteiger partial charge in [0.2, 0.25) is 0 Å². The minimum atomic E-state index is 0.712. The summed E-state index contributed by atoms with van der Waals surface area (Å²) in [6.07, 6.45) is 0.800. The van der Waals surface area contributed by atoms with E-state index in [9.17, 15) is 0 Å². The molecule has 1 aromatic rings. The lowest BCUT2D eigenvalue weighted by Gasteiger charge is -1.91. The molecular formula is C10H9ClS. The predicted molar refractivity (Wildman–Crippen MR) is 56.8 cm³/mol. The van der Waals surface area contributed by atoms with Gasteiger partial charge >= 0.3 is 0 Å². The lowest BCUT2D eigenvalue weighted by Crippen LogP contribution is -1.75. The SMILES string of the molecule is SCCC#Cc1ccccc1Cl. The summed E-state index contributed by atoms with van der Waals surface area (Å²) in [5.41, 5.74) is 0.890. The Hall–Kier alpha value is -0.580. The first kappa shape index (κ1) is 9.51. The zero-order valence-corrected chi connectivity index (χ0v) is 8.20. The summed E-state index contributed by atoms with van der Waals surface area (Å²) in [5, 5.41) is 0.712. The largest absolute Gasteiger partial charge is 0.178 e. The molecule has 0 saturated heterocycles. The third-order valence-electron chi connectivity index (χ3n) is 1.33. The summed E-state index contributed by atoms with van der Waals surface area (Å²) in [7, 11) is 0. The van der Waals surface area contributed by atoms with Crippen molar-refractivity contribution in [2.24, 2.45) is 0 Å². The van der Waals surface area contributed by atoms with E-state index in [0.717, 1.165) is 17.7 Å². The second-order valence-electron chi connectivity index (χ2n) is 2.26. The minimum Gasteiger partial charge on any atom is -0.178 e. The molecule has 0 nitrogen and oxygen atoms in total. The van der Waals surface area contributed by atoms with Crippen LogP contribution in [0.15, 0.2) is 24.3 Å². The third-order valence-corrected chi connectivity index (χ3v) is 1.89. The average Bonchev–Trinajstić information content (AvgIpc) is 2.09. The van der Waals surface area contributed by atoms with Crippen LogP contribution in [0, 0.1) is 11.8 Å². The van der Waals surface area contributed by atoms with Crippen LogP contribution in [0.2, 0.25) is 5.02 Å². The van der Waals surface area contributed by atoms with Gasteiger partial charge in [-0.15, -0.1) is 0 Å². The molecule has 0 aliphatic heterocycles. The molecule has 0 aliphatic carbocycles. The van der Waals surface area contributed by atoms with Gasteiger partial charge in [-0.05, 0) is 12.1 Å². The maximum Gasteiger partial charge on any atom is 0.0562 e. The number of hydrogen-bond donors (Lipinski definition) is 1. The number of hydrogen-bond acceptors (Lipinski definition) is 1. The highest BCUT2D eigenvalue weighted by Gasteiger charge is 1.91. The fourth-order valence-corrected chi connectivity index (χ4v) is 1.07. The van der Waals surface area contributed by atoms with Gasteiger partial charge in [0.25, 0.3) is 0 Å². The van der Waals surface area contributed by atoms with Gasteiger partial charge < -0.3 is 0 Å². The number of rotatable bonds is 1. The first-order valence-electron chi connectivity index (χ1n) is 3.69. The van der Waals surface area contributed by atoms with Gasteiger partial charge in [0.15, 0.2) is 0 Å². The summed E-state index contributed by atoms with van der Waals surface area (Å²) in [4.78, 5) is 0. The highest BCUT2D eigenvalue weighted by atomic mass is 35.5. The normalized spacial score (nSPS) is 8.83. The van der Waals surface area contributed by atoms with E-state index in [4.69, 9.17) is 11.6 Å². The lowest BCUT2D eigenvalue weighted by molar-refractivity contribution is 1.31. The van der Waals surface area contributed by atoms with Crippen LogP contribution in [-0.2, 0) is 0 Å². The zero-order chi connectivity index (χ0) is 8.81. The summed E-state index contributed by atoms with van der Waals surface area (Å²) in [5.74, 6) is 6.75. The fraction of sp³-hybridized carbons (Fsp3) is 0.200. The van der Waals surface area contributed by atoms with Crippen LogP contribution >= 0.6 is 24.2 Å². The first-order valence-corrected chi connectivity index (χ1v) is 4.70. The lowest BCUT2D eigenvalue weighted by atomic mass is 10.2. The first-order chi connectivity index (χ1) is 5.84. The van der Waals surface area contributed by atoms with E-state index in [-0.39, 0.29) is 0 Å². The highest BCUT2D eigenvalue weighted by Crippen LogP contribution is 2.12. The molecule has 1 aromatic carbocycles. The molecular weight excluding hydrogens is 188 g/mol. The molecule has 62 valence electrons. The molecule has 0 saturated carbocycles. The molecule has 0 unspecified atom stereocenters. The molecule has 2 heteroatoms. The van der Waals surface area contributed by atoms with Crippen molar-refractivity contribution in [3.05, 3.63) is 34.9 Å². The molecule has 1 rings (SSSR count). The van der Waals surface area contributed by atoms with Gasteiger partial charge in [0, 0.05) is 17.7 Å². The molecule has 0 heterocycles. The summed E-state index contributed by atoms with van der Waals surface area (Å²) < 4.78 is 0. The minimum absolute atomic E-state index is 0.712. The average molecular weight is 197 g/mol. The third kappa shape index (κ3) is 2.81. The zero-order valence-electron chi connectivity index (χ0n) is 6.55. The van der Waals surface area contributed by atoms with Gasteiger partial charge in [-0.2, -0.15) is 12.6 Å². The smallest absolute Gasteiger partial charge is 0.0562 e. The molecule has 12 heavy (non-hydrogen) atoms. The number of thiol groups is 1. The Bertz CT molecular complexity index is 309. The van der Waals surface area contributed by atoms with E-state index in [2.05, 4.69) is 24.5 Å². The van der Waals surface area contributed by atoms with E-state index >= 15 is 0 Å². The Labute approximate surface area is 83.3 Å². The molecule has 0 amide bonds. The van der Waals surface area contributed by atoms with Crippen molar-refractivity contribution in [2.45, 2.75) is 6.42 Å². The van der Waals surface area contributed by atoms with Crippen LogP contribution in [0.5, 0.6) is 0 Å². The number of halogens is 1. The van der Waals surface area contributed by atoms with Crippen molar-refractivity contribution in [1.82, 2.24) is 0 Å². The van der Waals surface area contributed by atoms with Crippen LogP contribution in [0.25, 0.3) is 0 Å². The van der Waals surface area contributed by atoms with E-state index in [1.54, 1.807) is 0 Å². The Balaban J connectivity index is 2.77. The monoisotopic (exact) mass is 196 g/mol. The summed E-state index contributed by atoms with van der Waals surface area (Å²) in [6.45, 7) is 0. The van der Waals surface area contributed by atoms with Gasteiger partial charge in [0.1, 0.15) is 0 Å². The van der Waals surface area contributed by atoms with Crippen molar-refractivity contribution in [2.75, 3.05) is 5.75 Å². The highest BCUT2D eigenvalue weighted by molar-refractivity contribution is 7.80. The van der Waals surface area contributed by atoms with Gasteiger partial charge in [-0.25, -0.2) is 0 Å². The maximum atomic E-state index is 5.88. The van der Waals surface area contributed by atoms with Crippen molar-refractivity contribution >= 4 is 24.2 Å². The van der Waals surface area contributed by atoms with E-state index in [1.165, 1.54) is 0 Å². The van der Waals surface area contributed by atoms with Crippen LogP contribution in [0.4, 0.5) is 0 Å². The van der Waals surface area contributed by atoms with E-state index in [0.29, 0.717) is 5.02 Å². The van der Waals surface area contributed by atoms with Crippen LogP contribution in [0.3, 0.4) is 0 Å². The molecule has 0 aromatic heterocycles. The standard InChI is InChI=1S/C10H9ClS/c11-10-7-2-1-5-9(10)6-3-4-8-12/h1-2,5,7,12H,4,8H2. The summed E-state index contributed by atoms with van der Waals surface area (Å²) >= 11 is 9.94. The molecule has 0 aliphatic rings. The maximum absolute atomic E-state index is 5.88. The quantitative estimate of drug-likeness (QED) is 0.518. The van der Waals surface area contributed by atoms with Crippen LogP contribution < -0.4 is 0 Å².